The fourth-order valence-corrected chi connectivity index (χ4v) is 3.90. The highest BCUT2D eigenvalue weighted by Crippen LogP contribution is 2.23. The van der Waals surface area contributed by atoms with Gasteiger partial charge in [-0.05, 0) is 44.5 Å². The van der Waals surface area contributed by atoms with Crippen LogP contribution in [0.3, 0.4) is 0 Å². The number of halogens is 1. The lowest BCUT2D eigenvalue weighted by atomic mass is 10.1. The normalized spacial score (nSPS) is 15.7. The second-order valence-electron chi connectivity index (χ2n) is 7.78. The number of amides is 2. The zero-order valence-electron chi connectivity index (χ0n) is 17.8. The molecular formula is C23H29BrN4O2. The maximum atomic E-state index is 13.0. The fourth-order valence-electron chi connectivity index (χ4n) is 3.50. The number of carbonyl (C=O) groups is 2. The summed E-state index contributed by atoms with van der Waals surface area (Å²) in [5.41, 5.74) is 3.22. The molecule has 30 heavy (non-hydrogen) atoms. The first-order valence-corrected chi connectivity index (χ1v) is 11.2. The average Bonchev–Trinajstić information content (AvgIpc) is 2.73. The number of rotatable bonds is 6. The molecule has 1 fully saturated rings. The summed E-state index contributed by atoms with van der Waals surface area (Å²) in [6.45, 7) is 8.94. The molecule has 0 radical (unpaired) electrons. The lowest BCUT2D eigenvalue weighted by Gasteiger charge is -2.34. The lowest BCUT2D eigenvalue weighted by molar-refractivity contribution is -0.123. The molecule has 1 aliphatic rings. The molecule has 2 amide bonds. The number of aromatic nitrogens is 1. The SMILES string of the molecule is CCC(C)NC(=O)CN1CCN(C(=O)c2ccc(-c3cccc(Br)c3)nc2C)CC1. The van der Waals surface area contributed by atoms with E-state index in [0.29, 0.717) is 38.3 Å². The Bertz CT molecular complexity index is 910. The highest BCUT2D eigenvalue weighted by molar-refractivity contribution is 9.10. The number of nitrogens with zero attached hydrogens (tertiary/aromatic N) is 3. The van der Waals surface area contributed by atoms with Gasteiger partial charge in [0.2, 0.25) is 5.91 Å². The quantitative estimate of drug-likeness (QED) is 0.698. The third-order valence-electron chi connectivity index (χ3n) is 5.48. The maximum Gasteiger partial charge on any atom is 0.255 e. The summed E-state index contributed by atoms with van der Waals surface area (Å²) >= 11 is 3.48. The monoisotopic (exact) mass is 472 g/mol. The minimum absolute atomic E-state index is 0.00417. The van der Waals surface area contributed by atoms with E-state index in [2.05, 4.69) is 38.1 Å². The zero-order chi connectivity index (χ0) is 21.7. The Morgan fingerprint density at radius 1 is 1.17 bits per heavy atom. The first kappa shape index (κ1) is 22.4. The largest absolute Gasteiger partial charge is 0.353 e. The molecule has 2 heterocycles. The van der Waals surface area contributed by atoms with Crippen LogP contribution in [0.25, 0.3) is 11.3 Å². The molecule has 0 aliphatic carbocycles. The first-order chi connectivity index (χ1) is 14.4. The Morgan fingerprint density at radius 2 is 1.90 bits per heavy atom. The highest BCUT2D eigenvalue weighted by atomic mass is 79.9. The number of benzene rings is 1. The summed E-state index contributed by atoms with van der Waals surface area (Å²) in [5.74, 6) is 0.0526. The number of piperazine rings is 1. The second kappa shape index (κ2) is 10.2. The zero-order valence-corrected chi connectivity index (χ0v) is 19.4. The van der Waals surface area contributed by atoms with E-state index in [4.69, 9.17) is 0 Å². The minimum Gasteiger partial charge on any atom is -0.353 e. The predicted octanol–water partition coefficient (Wildman–Crippen LogP) is 3.49. The summed E-state index contributed by atoms with van der Waals surface area (Å²) in [5, 5.41) is 2.99. The molecule has 1 aromatic carbocycles. The van der Waals surface area contributed by atoms with Crippen molar-refractivity contribution in [1.82, 2.24) is 20.1 Å². The first-order valence-electron chi connectivity index (χ1n) is 10.4. The van der Waals surface area contributed by atoms with E-state index in [1.54, 1.807) is 0 Å². The van der Waals surface area contributed by atoms with Crippen LogP contribution >= 0.6 is 15.9 Å². The van der Waals surface area contributed by atoms with Gasteiger partial charge < -0.3 is 10.2 Å². The summed E-state index contributed by atoms with van der Waals surface area (Å²) in [7, 11) is 0. The molecule has 1 unspecified atom stereocenters. The van der Waals surface area contributed by atoms with Gasteiger partial charge in [-0.2, -0.15) is 0 Å². The molecule has 3 rings (SSSR count). The van der Waals surface area contributed by atoms with Crippen LogP contribution in [0.2, 0.25) is 0 Å². The molecule has 7 heteroatoms. The van der Waals surface area contributed by atoms with Crippen LogP contribution in [-0.4, -0.2) is 65.4 Å². The van der Waals surface area contributed by atoms with E-state index in [0.717, 1.165) is 27.8 Å². The summed E-state index contributed by atoms with van der Waals surface area (Å²) in [4.78, 5) is 33.7. The fraction of sp³-hybridized carbons (Fsp3) is 0.435. The molecular weight excluding hydrogens is 444 g/mol. The van der Waals surface area contributed by atoms with Crippen LogP contribution < -0.4 is 5.32 Å². The number of hydrogen-bond acceptors (Lipinski definition) is 4. The molecule has 1 aliphatic heterocycles. The maximum absolute atomic E-state index is 13.0. The third-order valence-corrected chi connectivity index (χ3v) is 5.98. The van der Waals surface area contributed by atoms with Crippen molar-refractivity contribution in [3.63, 3.8) is 0 Å². The van der Waals surface area contributed by atoms with Crippen molar-refractivity contribution in [2.24, 2.45) is 0 Å². The van der Waals surface area contributed by atoms with Gasteiger partial charge in [0.05, 0.1) is 23.5 Å². The van der Waals surface area contributed by atoms with Gasteiger partial charge in [0, 0.05) is 42.3 Å². The number of aryl methyl sites for hydroxylation is 1. The molecule has 1 N–H and O–H groups in total. The smallest absolute Gasteiger partial charge is 0.255 e. The molecule has 6 nitrogen and oxygen atoms in total. The molecule has 0 spiro atoms. The van der Waals surface area contributed by atoms with Gasteiger partial charge in [0.25, 0.3) is 5.91 Å². The van der Waals surface area contributed by atoms with Crippen molar-refractivity contribution in [3.05, 3.63) is 52.1 Å². The van der Waals surface area contributed by atoms with Crippen LogP contribution in [0, 0.1) is 6.92 Å². The van der Waals surface area contributed by atoms with Gasteiger partial charge >= 0.3 is 0 Å². The van der Waals surface area contributed by atoms with E-state index in [1.807, 2.05) is 55.1 Å². The van der Waals surface area contributed by atoms with Crippen LogP contribution in [-0.2, 0) is 4.79 Å². The summed E-state index contributed by atoms with van der Waals surface area (Å²) in [6.07, 6.45) is 0.918. The Morgan fingerprint density at radius 3 is 2.53 bits per heavy atom. The Labute approximate surface area is 186 Å². The van der Waals surface area contributed by atoms with E-state index < -0.39 is 0 Å². The highest BCUT2D eigenvalue weighted by Gasteiger charge is 2.25. The van der Waals surface area contributed by atoms with Crippen molar-refractivity contribution in [2.45, 2.75) is 33.2 Å². The van der Waals surface area contributed by atoms with Crippen LogP contribution in [0.15, 0.2) is 40.9 Å². The van der Waals surface area contributed by atoms with Gasteiger partial charge in [-0.15, -0.1) is 0 Å². The predicted molar refractivity (Wildman–Crippen MR) is 122 cm³/mol. The topological polar surface area (TPSA) is 65.5 Å². The molecule has 1 aromatic heterocycles. The summed E-state index contributed by atoms with van der Waals surface area (Å²) < 4.78 is 0.996. The van der Waals surface area contributed by atoms with Crippen molar-refractivity contribution in [3.8, 4) is 11.3 Å². The van der Waals surface area contributed by atoms with E-state index in [-0.39, 0.29) is 17.9 Å². The minimum atomic E-state index is 0.00417. The van der Waals surface area contributed by atoms with Gasteiger partial charge in [0.1, 0.15) is 0 Å². The second-order valence-corrected chi connectivity index (χ2v) is 8.70. The van der Waals surface area contributed by atoms with Crippen LogP contribution in [0.5, 0.6) is 0 Å². The van der Waals surface area contributed by atoms with E-state index in [9.17, 15) is 9.59 Å². The van der Waals surface area contributed by atoms with Crippen molar-refractivity contribution >= 4 is 27.7 Å². The molecule has 2 aromatic rings. The average molecular weight is 473 g/mol. The molecule has 0 saturated carbocycles. The Balaban J connectivity index is 1.59. The molecule has 160 valence electrons. The van der Waals surface area contributed by atoms with Crippen molar-refractivity contribution in [1.29, 1.82) is 0 Å². The van der Waals surface area contributed by atoms with E-state index in [1.165, 1.54) is 0 Å². The van der Waals surface area contributed by atoms with Crippen molar-refractivity contribution in [2.75, 3.05) is 32.7 Å². The van der Waals surface area contributed by atoms with Crippen molar-refractivity contribution < 1.29 is 9.59 Å². The Kier molecular flexibility index (Phi) is 7.61. The molecule has 1 atom stereocenters. The number of nitrogens with one attached hydrogen (secondary N) is 1. The van der Waals surface area contributed by atoms with Gasteiger partial charge in [-0.3, -0.25) is 19.5 Å². The van der Waals surface area contributed by atoms with Crippen LogP contribution in [0.1, 0.15) is 36.3 Å². The standard InChI is InChI=1S/C23H29BrN4O2/c1-4-16(2)25-22(29)15-27-10-12-28(13-11-27)23(30)20-8-9-21(26-17(20)3)18-6-5-7-19(24)14-18/h5-9,14,16H,4,10-13,15H2,1-3H3,(H,25,29). The van der Waals surface area contributed by atoms with Gasteiger partial charge in [-0.1, -0.05) is 35.0 Å². The van der Waals surface area contributed by atoms with Crippen LogP contribution in [0.4, 0.5) is 0 Å². The lowest BCUT2D eigenvalue weighted by Crippen LogP contribution is -2.51. The van der Waals surface area contributed by atoms with Gasteiger partial charge in [-0.25, -0.2) is 0 Å². The molecule has 0 bridgehead atoms. The number of hydrogen-bond donors (Lipinski definition) is 1. The van der Waals surface area contributed by atoms with Gasteiger partial charge in [0.15, 0.2) is 0 Å². The number of carbonyl (C=O) groups excluding carboxylic acids is 2. The van der Waals surface area contributed by atoms with E-state index >= 15 is 0 Å². The molecule has 1 saturated heterocycles. The Hall–Kier alpha value is -2.25. The summed E-state index contributed by atoms with van der Waals surface area (Å²) in [6, 6.07) is 11.9. The third kappa shape index (κ3) is 5.67. The number of pyridine rings is 1.